The predicted octanol–water partition coefficient (Wildman–Crippen LogP) is 4.80. The van der Waals surface area contributed by atoms with E-state index in [0.29, 0.717) is 16.8 Å². The van der Waals surface area contributed by atoms with E-state index in [1.54, 1.807) is 36.4 Å². The summed E-state index contributed by atoms with van der Waals surface area (Å²) in [6.07, 6.45) is 0. The van der Waals surface area contributed by atoms with Crippen LogP contribution in [0, 0.1) is 0 Å². The SMILES string of the molecule is COc1ccc(NC(=O)c2ccc(NC(=O)c3ccccc3)cc2)cc1OC(F)F. The first-order valence-corrected chi connectivity index (χ1v) is 8.87. The molecule has 0 bridgehead atoms. The van der Waals surface area contributed by atoms with Gasteiger partial charge in [-0.05, 0) is 48.5 Å². The van der Waals surface area contributed by atoms with Crippen molar-refractivity contribution in [2.24, 2.45) is 0 Å². The molecule has 0 saturated carbocycles. The lowest BCUT2D eigenvalue weighted by atomic mass is 10.1. The Morgan fingerprint density at radius 3 is 1.93 bits per heavy atom. The minimum atomic E-state index is -3.02. The molecule has 0 aliphatic heterocycles. The number of halogens is 2. The van der Waals surface area contributed by atoms with Crippen molar-refractivity contribution < 1.29 is 27.8 Å². The average Bonchev–Trinajstić information content (AvgIpc) is 2.74. The first kappa shape index (κ1) is 20.8. The second kappa shape index (κ2) is 9.51. The summed E-state index contributed by atoms with van der Waals surface area (Å²) in [7, 11) is 1.32. The molecule has 154 valence electrons. The molecule has 0 aliphatic rings. The maximum atomic E-state index is 12.5. The van der Waals surface area contributed by atoms with E-state index >= 15 is 0 Å². The highest BCUT2D eigenvalue weighted by atomic mass is 19.3. The lowest BCUT2D eigenvalue weighted by Gasteiger charge is -2.12. The average molecular weight is 412 g/mol. The minimum absolute atomic E-state index is 0.117. The molecule has 0 fully saturated rings. The minimum Gasteiger partial charge on any atom is -0.493 e. The van der Waals surface area contributed by atoms with Crippen LogP contribution in [0.3, 0.4) is 0 Å². The van der Waals surface area contributed by atoms with Gasteiger partial charge in [-0.15, -0.1) is 0 Å². The summed E-state index contributed by atoms with van der Waals surface area (Å²) in [5.41, 5.74) is 1.62. The van der Waals surface area contributed by atoms with Gasteiger partial charge in [0.25, 0.3) is 11.8 Å². The largest absolute Gasteiger partial charge is 0.493 e. The molecule has 8 heteroatoms. The molecule has 3 aromatic carbocycles. The monoisotopic (exact) mass is 412 g/mol. The molecule has 0 saturated heterocycles. The topological polar surface area (TPSA) is 76.7 Å². The fraction of sp³-hybridized carbons (Fsp3) is 0.0909. The van der Waals surface area contributed by atoms with Crippen LogP contribution < -0.4 is 20.1 Å². The molecule has 0 aliphatic carbocycles. The van der Waals surface area contributed by atoms with E-state index in [1.165, 1.54) is 37.4 Å². The van der Waals surface area contributed by atoms with Crippen LogP contribution in [-0.2, 0) is 0 Å². The molecular weight excluding hydrogens is 394 g/mol. The van der Waals surface area contributed by atoms with Gasteiger partial charge in [-0.3, -0.25) is 9.59 Å². The standard InChI is InChI=1S/C22H18F2N2O4/c1-29-18-12-11-17(13-19(18)30-22(23)24)26-21(28)15-7-9-16(10-8-15)25-20(27)14-5-3-2-4-6-14/h2-13,22H,1H3,(H,25,27)(H,26,28). The van der Waals surface area contributed by atoms with E-state index in [-0.39, 0.29) is 23.1 Å². The highest BCUT2D eigenvalue weighted by Crippen LogP contribution is 2.31. The quantitative estimate of drug-likeness (QED) is 0.584. The second-order valence-electron chi connectivity index (χ2n) is 6.10. The highest BCUT2D eigenvalue weighted by molar-refractivity contribution is 6.06. The van der Waals surface area contributed by atoms with Crippen LogP contribution in [0.2, 0.25) is 0 Å². The molecule has 6 nitrogen and oxygen atoms in total. The Hall–Kier alpha value is -3.94. The molecular formula is C22H18F2N2O4. The molecule has 3 aromatic rings. The molecule has 2 amide bonds. The Labute approximate surface area is 171 Å². The third-order valence-electron chi connectivity index (χ3n) is 4.08. The Bertz CT molecular complexity index is 1030. The fourth-order valence-electron chi connectivity index (χ4n) is 2.64. The maximum absolute atomic E-state index is 12.5. The highest BCUT2D eigenvalue weighted by Gasteiger charge is 2.13. The van der Waals surface area contributed by atoms with Crippen molar-refractivity contribution >= 4 is 23.2 Å². The summed E-state index contributed by atoms with van der Waals surface area (Å²) in [6.45, 7) is -3.02. The Morgan fingerprint density at radius 2 is 1.33 bits per heavy atom. The van der Waals surface area contributed by atoms with Gasteiger partial charge in [0, 0.05) is 28.6 Å². The number of alkyl halides is 2. The van der Waals surface area contributed by atoms with Crippen molar-refractivity contribution in [3.8, 4) is 11.5 Å². The second-order valence-corrected chi connectivity index (χ2v) is 6.10. The van der Waals surface area contributed by atoms with Crippen LogP contribution in [0.1, 0.15) is 20.7 Å². The summed E-state index contributed by atoms with van der Waals surface area (Å²) >= 11 is 0. The van der Waals surface area contributed by atoms with Crippen molar-refractivity contribution in [2.45, 2.75) is 6.61 Å². The van der Waals surface area contributed by atoms with E-state index in [2.05, 4.69) is 15.4 Å². The zero-order valence-corrected chi connectivity index (χ0v) is 15.9. The van der Waals surface area contributed by atoms with Crippen molar-refractivity contribution in [3.63, 3.8) is 0 Å². The molecule has 0 radical (unpaired) electrons. The Kier molecular flexibility index (Phi) is 6.59. The molecule has 2 N–H and O–H groups in total. The number of carbonyl (C=O) groups is 2. The number of nitrogens with one attached hydrogen (secondary N) is 2. The number of ether oxygens (including phenoxy) is 2. The number of methoxy groups -OCH3 is 1. The molecule has 30 heavy (non-hydrogen) atoms. The van der Waals surface area contributed by atoms with Crippen molar-refractivity contribution in [2.75, 3.05) is 17.7 Å². The molecule has 0 spiro atoms. The van der Waals surface area contributed by atoms with Gasteiger partial charge in [-0.2, -0.15) is 8.78 Å². The van der Waals surface area contributed by atoms with E-state index < -0.39 is 12.5 Å². The fourth-order valence-corrected chi connectivity index (χ4v) is 2.64. The van der Waals surface area contributed by atoms with Gasteiger partial charge in [-0.1, -0.05) is 18.2 Å². The first-order valence-electron chi connectivity index (χ1n) is 8.87. The van der Waals surface area contributed by atoms with Gasteiger partial charge in [0.15, 0.2) is 11.5 Å². The molecule has 0 heterocycles. The van der Waals surface area contributed by atoms with Crippen LogP contribution in [0.15, 0.2) is 72.8 Å². The lowest BCUT2D eigenvalue weighted by Crippen LogP contribution is -2.14. The predicted molar refractivity (Wildman–Crippen MR) is 108 cm³/mol. The van der Waals surface area contributed by atoms with Gasteiger partial charge in [0.1, 0.15) is 0 Å². The van der Waals surface area contributed by atoms with Crippen LogP contribution >= 0.6 is 0 Å². The third kappa shape index (κ3) is 5.32. The summed E-state index contributed by atoms with van der Waals surface area (Å²) in [5.74, 6) is -0.794. The Balaban J connectivity index is 1.67. The van der Waals surface area contributed by atoms with Gasteiger partial charge < -0.3 is 20.1 Å². The normalized spacial score (nSPS) is 10.4. The number of hydrogen-bond donors (Lipinski definition) is 2. The van der Waals surface area contributed by atoms with Crippen molar-refractivity contribution in [1.82, 2.24) is 0 Å². The van der Waals surface area contributed by atoms with E-state index in [9.17, 15) is 18.4 Å². The van der Waals surface area contributed by atoms with Crippen LogP contribution in [0.25, 0.3) is 0 Å². The molecule has 0 aromatic heterocycles. The third-order valence-corrected chi connectivity index (χ3v) is 4.08. The van der Waals surface area contributed by atoms with Crippen LogP contribution in [0.5, 0.6) is 11.5 Å². The van der Waals surface area contributed by atoms with E-state index in [0.717, 1.165) is 0 Å². The molecule has 3 rings (SSSR count). The van der Waals surface area contributed by atoms with E-state index in [1.807, 2.05) is 6.07 Å². The van der Waals surface area contributed by atoms with Crippen LogP contribution in [0.4, 0.5) is 20.2 Å². The Morgan fingerprint density at radius 1 is 0.767 bits per heavy atom. The number of benzene rings is 3. The smallest absolute Gasteiger partial charge is 0.387 e. The zero-order valence-electron chi connectivity index (χ0n) is 15.9. The first-order chi connectivity index (χ1) is 14.5. The summed E-state index contributed by atoms with van der Waals surface area (Å²) < 4.78 is 34.4. The van der Waals surface area contributed by atoms with Crippen molar-refractivity contribution in [3.05, 3.63) is 83.9 Å². The number of anilines is 2. The van der Waals surface area contributed by atoms with Crippen LogP contribution in [-0.4, -0.2) is 25.5 Å². The number of amides is 2. The van der Waals surface area contributed by atoms with E-state index in [4.69, 9.17) is 4.74 Å². The maximum Gasteiger partial charge on any atom is 0.387 e. The van der Waals surface area contributed by atoms with Gasteiger partial charge in [0.05, 0.1) is 7.11 Å². The van der Waals surface area contributed by atoms with Gasteiger partial charge in [0.2, 0.25) is 0 Å². The van der Waals surface area contributed by atoms with Gasteiger partial charge in [-0.25, -0.2) is 0 Å². The summed E-state index contributed by atoms with van der Waals surface area (Å²) in [6, 6.07) is 19.1. The summed E-state index contributed by atoms with van der Waals surface area (Å²) in [4.78, 5) is 24.6. The zero-order chi connectivity index (χ0) is 21.5. The lowest BCUT2D eigenvalue weighted by molar-refractivity contribution is -0.0511. The van der Waals surface area contributed by atoms with Crippen molar-refractivity contribution in [1.29, 1.82) is 0 Å². The number of carbonyl (C=O) groups excluding carboxylic acids is 2. The number of hydrogen-bond acceptors (Lipinski definition) is 4. The summed E-state index contributed by atoms with van der Waals surface area (Å²) in [5, 5.41) is 5.34. The van der Waals surface area contributed by atoms with Gasteiger partial charge >= 0.3 is 6.61 Å². The molecule has 0 unspecified atom stereocenters. The number of rotatable bonds is 7. The molecule has 0 atom stereocenters.